The molecule has 0 bridgehead atoms. The van der Waals surface area contributed by atoms with Gasteiger partial charge in [0.25, 0.3) is 0 Å². The minimum atomic E-state index is 0.604. The molecule has 0 aliphatic heterocycles. The average Bonchev–Trinajstić information content (AvgIpc) is 2.46. The summed E-state index contributed by atoms with van der Waals surface area (Å²) in [6.45, 7) is 3.99. The molecule has 88 valence electrons. The van der Waals surface area contributed by atoms with Crippen LogP contribution < -0.4 is 0 Å². The first-order chi connectivity index (χ1) is 8.81. The van der Waals surface area contributed by atoms with Crippen LogP contribution in [0.4, 0.5) is 0 Å². The molecule has 18 heavy (non-hydrogen) atoms. The lowest BCUT2D eigenvalue weighted by Crippen LogP contribution is -1.90. The molecule has 2 rings (SSSR count). The summed E-state index contributed by atoms with van der Waals surface area (Å²) < 4.78 is 0. The van der Waals surface area contributed by atoms with Crippen molar-refractivity contribution >= 4 is 17.9 Å². The van der Waals surface area contributed by atoms with Crippen LogP contribution in [-0.2, 0) is 4.79 Å². The minimum absolute atomic E-state index is 0.604. The van der Waals surface area contributed by atoms with Gasteiger partial charge in [0.1, 0.15) is 0 Å². The number of hydrogen-bond donors (Lipinski definition) is 0. The SMILES string of the molecule is C=C(/C(C=O)=C\c1ccccc1)c1ccccc1. The van der Waals surface area contributed by atoms with E-state index >= 15 is 0 Å². The predicted molar refractivity (Wildman–Crippen MR) is 76.0 cm³/mol. The Bertz CT molecular complexity index is 565. The highest BCUT2D eigenvalue weighted by molar-refractivity contribution is 6.02. The van der Waals surface area contributed by atoms with Gasteiger partial charge in [-0.25, -0.2) is 0 Å². The first-order valence-corrected chi connectivity index (χ1v) is 5.78. The topological polar surface area (TPSA) is 17.1 Å². The summed E-state index contributed by atoms with van der Waals surface area (Å²) in [5.41, 5.74) is 3.31. The Morgan fingerprint density at radius 1 is 0.889 bits per heavy atom. The van der Waals surface area contributed by atoms with Crippen molar-refractivity contribution < 1.29 is 4.79 Å². The summed E-state index contributed by atoms with van der Waals surface area (Å²) in [6, 6.07) is 19.5. The third kappa shape index (κ3) is 2.83. The van der Waals surface area contributed by atoms with E-state index in [9.17, 15) is 4.79 Å². The Morgan fingerprint density at radius 3 is 2.00 bits per heavy atom. The lowest BCUT2D eigenvalue weighted by atomic mass is 9.98. The van der Waals surface area contributed by atoms with Gasteiger partial charge in [-0.2, -0.15) is 0 Å². The fourth-order valence-corrected chi connectivity index (χ4v) is 1.73. The van der Waals surface area contributed by atoms with Gasteiger partial charge >= 0.3 is 0 Å². The molecule has 0 N–H and O–H groups in total. The first kappa shape index (κ1) is 12.1. The minimum Gasteiger partial charge on any atom is -0.298 e. The maximum absolute atomic E-state index is 11.2. The van der Waals surface area contributed by atoms with Gasteiger partial charge < -0.3 is 0 Å². The largest absolute Gasteiger partial charge is 0.298 e. The number of carbonyl (C=O) groups excluding carboxylic acids is 1. The predicted octanol–water partition coefficient (Wildman–Crippen LogP) is 3.98. The van der Waals surface area contributed by atoms with Crippen molar-refractivity contribution in [2.24, 2.45) is 0 Å². The zero-order valence-electron chi connectivity index (χ0n) is 10.0. The number of aldehydes is 1. The van der Waals surface area contributed by atoms with Gasteiger partial charge in [-0.05, 0) is 22.8 Å². The molecule has 0 saturated carbocycles. The molecule has 0 amide bonds. The van der Waals surface area contributed by atoms with E-state index in [1.807, 2.05) is 66.7 Å². The van der Waals surface area contributed by atoms with Crippen LogP contribution in [0.25, 0.3) is 11.6 Å². The number of carbonyl (C=O) groups is 1. The molecule has 0 fully saturated rings. The lowest BCUT2D eigenvalue weighted by molar-refractivity contribution is -0.104. The van der Waals surface area contributed by atoms with Crippen molar-refractivity contribution in [2.75, 3.05) is 0 Å². The van der Waals surface area contributed by atoms with E-state index < -0.39 is 0 Å². The standard InChI is InChI=1S/C17H14O/c1-14(16-10-6-3-7-11-16)17(13-18)12-15-8-4-2-5-9-15/h2-13H,1H2/b17-12-. The van der Waals surface area contributed by atoms with E-state index in [2.05, 4.69) is 6.58 Å². The van der Waals surface area contributed by atoms with Crippen LogP contribution in [0.5, 0.6) is 0 Å². The summed E-state index contributed by atoms with van der Waals surface area (Å²) in [4.78, 5) is 11.2. The van der Waals surface area contributed by atoms with E-state index in [1.54, 1.807) is 0 Å². The van der Waals surface area contributed by atoms with Gasteiger partial charge in [-0.15, -0.1) is 0 Å². The summed E-state index contributed by atoms with van der Waals surface area (Å²) >= 11 is 0. The summed E-state index contributed by atoms with van der Waals surface area (Å²) in [6.07, 6.45) is 2.70. The van der Waals surface area contributed by atoms with Crippen LogP contribution in [0.1, 0.15) is 11.1 Å². The monoisotopic (exact) mass is 234 g/mol. The van der Waals surface area contributed by atoms with Gasteiger partial charge in [0.05, 0.1) is 0 Å². The Kier molecular flexibility index (Phi) is 3.87. The smallest absolute Gasteiger partial charge is 0.150 e. The average molecular weight is 234 g/mol. The van der Waals surface area contributed by atoms with Crippen LogP contribution >= 0.6 is 0 Å². The Hall–Kier alpha value is -2.41. The Morgan fingerprint density at radius 2 is 1.44 bits per heavy atom. The van der Waals surface area contributed by atoms with Crippen molar-refractivity contribution in [1.29, 1.82) is 0 Å². The third-order valence-electron chi connectivity index (χ3n) is 2.72. The molecule has 2 aromatic carbocycles. The molecule has 0 atom stereocenters. The van der Waals surface area contributed by atoms with Crippen LogP contribution in [0, 0.1) is 0 Å². The zero-order chi connectivity index (χ0) is 12.8. The van der Waals surface area contributed by atoms with E-state index in [0.717, 1.165) is 23.0 Å². The normalized spacial score (nSPS) is 11.0. The quantitative estimate of drug-likeness (QED) is 0.444. The molecule has 1 nitrogen and oxygen atoms in total. The molecule has 0 saturated heterocycles. The third-order valence-corrected chi connectivity index (χ3v) is 2.72. The molecule has 0 spiro atoms. The number of hydrogen-bond acceptors (Lipinski definition) is 1. The lowest BCUT2D eigenvalue weighted by Gasteiger charge is -2.05. The maximum atomic E-state index is 11.2. The van der Waals surface area contributed by atoms with Crippen LogP contribution in [0.15, 0.2) is 72.8 Å². The van der Waals surface area contributed by atoms with Gasteiger partial charge in [0.2, 0.25) is 0 Å². The summed E-state index contributed by atoms with van der Waals surface area (Å²) in [5, 5.41) is 0. The molecule has 0 aromatic heterocycles. The second kappa shape index (κ2) is 5.78. The Labute approximate surface area is 107 Å². The number of benzene rings is 2. The second-order valence-corrected chi connectivity index (χ2v) is 3.97. The van der Waals surface area contributed by atoms with Gasteiger partial charge in [-0.3, -0.25) is 4.79 Å². The fraction of sp³-hybridized carbons (Fsp3) is 0. The molecular formula is C17H14O. The zero-order valence-corrected chi connectivity index (χ0v) is 10.0. The molecule has 0 radical (unpaired) electrons. The van der Waals surface area contributed by atoms with Crippen molar-refractivity contribution in [3.8, 4) is 0 Å². The highest BCUT2D eigenvalue weighted by Crippen LogP contribution is 2.21. The van der Waals surface area contributed by atoms with Crippen molar-refractivity contribution in [3.63, 3.8) is 0 Å². The van der Waals surface area contributed by atoms with Crippen molar-refractivity contribution in [2.45, 2.75) is 0 Å². The highest BCUT2D eigenvalue weighted by atomic mass is 16.1. The Balaban J connectivity index is 2.33. The molecule has 0 heterocycles. The van der Waals surface area contributed by atoms with E-state index in [1.165, 1.54) is 0 Å². The molecule has 0 aliphatic rings. The summed E-state index contributed by atoms with van der Waals surface area (Å²) in [7, 11) is 0. The first-order valence-electron chi connectivity index (χ1n) is 5.78. The van der Waals surface area contributed by atoms with Crippen LogP contribution in [-0.4, -0.2) is 6.29 Å². The van der Waals surface area contributed by atoms with Crippen molar-refractivity contribution in [3.05, 3.63) is 83.9 Å². The molecular weight excluding hydrogens is 220 g/mol. The maximum Gasteiger partial charge on any atom is 0.150 e. The van der Waals surface area contributed by atoms with Gasteiger partial charge in [0, 0.05) is 5.57 Å². The summed E-state index contributed by atoms with van der Waals surface area (Å²) in [5.74, 6) is 0. The number of allylic oxidation sites excluding steroid dienone is 2. The van der Waals surface area contributed by atoms with Crippen LogP contribution in [0.2, 0.25) is 0 Å². The molecule has 2 aromatic rings. The fourth-order valence-electron chi connectivity index (χ4n) is 1.73. The second-order valence-electron chi connectivity index (χ2n) is 3.97. The van der Waals surface area contributed by atoms with Crippen molar-refractivity contribution in [1.82, 2.24) is 0 Å². The van der Waals surface area contributed by atoms with E-state index in [0.29, 0.717) is 5.57 Å². The van der Waals surface area contributed by atoms with Gasteiger partial charge in [-0.1, -0.05) is 67.2 Å². The van der Waals surface area contributed by atoms with Gasteiger partial charge in [0.15, 0.2) is 6.29 Å². The van der Waals surface area contributed by atoms with E-state index in [-0.39, 0.29) is 0 Å². The number of rotatable bonds is 4. The highest BCUT2D eigenvalue weighted by Gasteiger charge is 2.04. The van der Waals surface area contributed by atoms with Crippen LogP contribution in [0.3, 0.4) is 0 Å². The molecule has 0 aliphatic carbocycles. The molecule has 0 unspecified atom stereocenters. The van der Waals surface area contributed by atoms with E-state index in [4.69, 9.17) is 0 Å². The molecule has 1 heteroatoms.